The average Bonchev–Trinajstić information content (AvgIpc) is 3.12. The molecular weight excluding hydrogens is 333 g/mol. The average molecular weight is 357 g/mol. The molecule has 3 rings (SSSR count). The Balaban J connectivity index is 1.97. The molecule has 0 amide bonds. The van der Waals surface area contributed by atoms with Gasteiger partial charge in [0.1, 0.15) is 0 Å². The molecular formula is C19H24BNO5. The number of hydrogen-bond donors (Lipinski definition) is 2. The number of pyridine rings is 1. The van der Waals surface area contributed by atoms with Gasteiger partial charge in [-0.3, -0.25) is 4.98 Å². The quantitative estimate of drug-likeness (QED) is 0.742. The number of benzene rings is 1. The van der Waals surface area contributed by atoms with Crippen molar-refractivity contribution in [2.75, 3.05) is 20.3 Å². The summed E-state index contributed by atoms with van der Waals surface area (Å²) in [5.41, 5.74) is 3.22. The third kappa shape index (κ3) is 4.18. The number of aromatic nitrogens is 1. The van der Waals surface area contributed by atoms with Gasteiger partial charge in [0.05, 0.1) is 26.0 Å². The Labute approximate surface area is 153 Å². The summed E-state index contributed by atoms with van der Waals surface area (Å²) in [4.78, 5) is 4.75. The minimum absolute atomic E-state index is 0.0179. The van der Waals surface area contributed by atoms with Crippen molar-refractivity contribution in [1.29, 1.82) is 0 Å². The van der Waals surface area contributed by atoms with Crippen LogP contribution < -0.4 is 9.47 Å². The van der Waals surface area contributed by atoms with Crippen molar-refractivity contribution >= 4 is 7.12 Å². The predicted octanol–water partition coefficient (Wildman–Crippen LogP) is 2.63. The Bertz CT molecular complexity index is 755. The van der Waals surface area contributed by atoms with Gasteiger partial charge in [0.25, 0.3) is 0 Å². The van der Waals surface area contributed by atoms with Crippen LogP contribution in [0.3, 0.4) is 0 Å². The van der Waals surface area contributed by atoms with E-state index < -0.39 is 7.12 Å². The van der Waals surface area contributed by atoms with Crippen molar-refractivity contribution in [3.05, 3.63) is 41.6 Å². The molecule has 0 bridgehead atoms. The first kappa shape index (κ1) is 18.7. The zero-order valence-electron chi connectivity index (χ0n) is 15.1. The molecule has 0 radical (unpaired) electrons. The first-order chi connectivity index (χ1) is 12.6. The third-order valence-electron chi connectivity index (χ3n) is 4.40. The van der Waals surface area contributed by atoms with E-state index in [2.05, 4.69) is 0 Å². The fourth-order valence-corrected chi connectivity index (χ4v) is 3.03. The van der Waals surface area contributed by atoms with E-state index in [-0.39, 0.29) is 12.5 Å². The van der Waals surface area contributed by atoms with Crippen LogP contribution in [0.25, 0.3) is 11.3 Å². The SMILES string of the molecule is CCCOc1cc(-c2cc(CO)cc([C@@H]3COB(O)C3)n2)ccc1OC. The van der Waals surface area contributed by atoms with E-state index >= 15 is 0 Å². The smallest absolute Gasteiger partial charge is 0.454 e. The molecule has 1 fully saturated rings. The minimum atomic E-state index is -0.752. The fourth-order valence-electron chi connectivity index (χ4n) is 3.03. The summed E-state index contributed by atoms with van der Waals surface area (Å²) in [7, 11) is 0.861. The van der Waals surface area contributed by atoms with Crippen LogP contribution in [-0.4, -0.2) is 42.6 Å². The van der Waals surface area contributed by atoms with Gasteiger partial charge in [-0.1, -0.05) is 6.92 Å². The molecule has 0 aliphatic carbocycles. The number of aliphatic hydroxyl groups excluding tert-OH is 1. The molecule has 6 nitrogen and oxygen atoms in total. The van der Waals surface area contributed by atoms with Crippen LogP contribution in [-0.2, 0) is 11.3 Å². The number of rotatable bonds is 7. The Hall–Kier alpha value is -2.09. The van der Waals surface area contributed by atoms with E-state index in [0.717, 1.165) is 28.9 Å². The van der Waals surface area contributed by atoms with E-state index in [1.807, 2.05) is 37.3 Å². The lowest BCUT2D eigenvalue weighted by molar-refractivity contribution is 0.280. The first-order valence-corrected chi connectivity index (χ1v) is 8.87. The zero-order chi connectivity index (χ0) is 18.5. The molecule has 0 spiro atoms. The molecule has 138 valence electrons. The Morgan fingerprint density at radius 2 is 2.12 bits per heavy atom. The van der Waals surface area contributed by atoms with Gasteiger partial charge >= 0.3 is 7.12 Å². The monoisotopic (exact) mass is 357 g/mol. The maximum Gasteiger partial charge on any atom is 0.454 e. The van der Waals surface area contributed by atoms with Gasteiger partial charge in [0.2, 0.25) is 0 Å². The van der Waals surface area contributed by atoms with E-state index in [0.29, 0.717) is 31.0 Å². The number of aliphatic hydroxyl groups is 1. The van der Waals surface area contributed by atoms with Crippen molar-refractivity contribution in [2.45, 2.75) is 32.2 Å². The van der Waals surface area contributed by atoms with Crippen molar-refractivity contribution in [3.63, 3.8) is 0 Å². The molecule has 1 aromatic carbocycles. The molecule has 2 N–H and O–H groups in total. The van der Waals surface area contributed by atoms with Crippen LogP contribution in [0.1, 0.15) is 30.5 Å². The predicted molar refractivity (Wildman–Crippen MR) is 99.4 cm³/mol. The van der Waals surface area contributed by atoms with E-state index in [1.165, 1.54) is 0 Å². The fraction of sp³-hybridized carbons (Fsp3) is 0.421. The molecule has 26 heavy (non-hydrogen) atoms. The molecule has 2 aromatic rings. The summed E-state index contributed by atoms with van der Waals surface area (Å²) < 4.78 is 16.4. The number of hydrogen-bond acceptors (Lipinski definition) is 6. The van der Waals surface area contributed by atoms with Crippen LogP contribution in [0.4, 0.5) is 0 Å². The Kier molecular flexibility index (Phi) is 6.14. The summed E-state index contributed by atoms with van der Waals surface area (Å²) in [5.74, 6) is 1.36. The first-order valence-electron chi connectivity index (χ1n) is 8.87. The third-order valence-corrected chi connectivity index (χ3v) is 4.40. The molecule has 1 atom stereocenters. The number of nitrogens with zero attached hydrogens (tertiary/aromatic N) is 1. The Morgan fingerprint density at radius 3 is 2.77 bits per heavy atom. The minimum Gasteiger partial charge on any atom is -0.493 e. The summed E-state index contributed by atoms with van der Waals surface area (Å²) in [6, 6.07) is 9.41. The lowest BCUT2D eigenvalue weighted by atomic mass is 9.81. The normalized spacial score (nSPS) is 16.8. The van der Waals surface area contributed by atoms with Gasteiger partial charge in [-0.05, 0) is 48.6 Å². The molecule has 1 aliphatic rings. The lowest BCUT2D eigenvalue weighted by Crippen LogP contribution is -2.08. The Morgan fingerprint density at radius 1 is 1.27 bits per heavy atom. The summed E-state index contributed by atoms with van der Waals surface area (Å²) in [5, 5.41) is 19.2. The second-order valence-electron chi connectivity index (χ2n) is 6.38. The summed E-state index contributed by atoms with van der Waals surface area (Å²) in [6.45, 7) is 3.00. The van der Waals surface area contributed by atoms with Crippen molar-refractivity contribution < 1.29 is 24.3 Å². The van der Waals surface area contributed by atoms with Crippen molar-refractivity contribution in [3.8, 4) is 22.8 Å². The summed E-state index contributed by atoms with van der Waals surface area (Å²) in [6.07, 6.45) is 1.41. The van der Waals surface area contributed by atoms with E-state index in [4.69, 9.17) is 19.1 Å². The molecule has 2 heterocycles. The number of methoxy groups -OCH3 is 1. The molecule has 0 unspecified atom stereocenters. The molecule has 0 saturated carbocycles. The van der Waals surface area contributed by atoms with Crippen molar-refractivity contribution in [2.24, 2.45) is 0 Å². The molecule has 1 saturated heterocycles. The van der Waals surface area contributed by atoms with E-state index in [9.17, 15) is 10.1 Å². The van der Waals surface area contributed by atoms with Crippen molar-refractivity contribution in [1.82, 2.24) is 4.98 Å². The van der Waals surface area contributed by atoms with Crippen LogP contribution >= 0.6 is 0 Å². The highest BCUT2D eigenvalue weighted by Gasteiger charge is 2.31. The van der Waals surface area contributed by atoms with Crippen LogP contribution in [0, 0.1) is 0 Å². The highest BCUT2D eigenvalue weighted by atomic mass is 16.5. The topological polar surface area (TPSA) is 81.0 Å². The highest BCUT2D eigenvalue weighted by Crippen LogP contribution is 2.34. The van der Waals surface area contributed by atoms with Gasteiger partial charge < -0.3 is 24.3 Å². The van der Waals surface area contributed by atoms with Gasteiger partial charge in [-0.2, -0.15) is 0 Å². The maximum absolute atomic E-state index is 9.63. The van der Waals surface area contributed by atoms with Gasteiger partial charge in [-0.25, -0.2) is 0 Å². The molecule has 1 aromatic heterocycles. The highest BCUT2D eigenvalue weighted by molar-refractivity contribution is 6.43. The second-order valence-corrected chi connectivity index (χ2v) is 6.38. The van der Waals surface area contributed by atoms with Gasteiger partial charge in [-0.15, -0.1) is 0 Å². The van der Waals surface area contributed by atoms with Crippen LogP contribution in [0.2, 0.25) is 6.32 Å². The number of ether oxygens (including phenoxy) is 2. The van der Waals surface area contributed by atoms with E-state index in [1.54, 1.807) is 7.11 Å². The van der Waals surface area contributed by atoms with Crippen LogP contribution in [0.15, 0.2) is 30.3 Å². The second kappa shape index (κ2) is 8.53. The standard InChI is InChI=1S/C19H24BNO5/c1-3-6-25-19-9-14(4-5-18(19)24-2)16-7-13(11-22)8-17(21-16)15-10-20(23)26-12-15/h4-5,7-9,15,22-23H,3,6,10-12H2,1-2H3/t15-/m0/s1. The van der Waals surface area contributed by atoms with Crippen LogP contribution in [0.5, 0.6) is 11.5 Å². The van der Waals surface area contributed by atoms with Gasteiger partial charge in [0.15, 0.2) is 11.5 Å². The zero-order valence-corrected chi connectivity index (χ0v) is 15.1. The molecule has 1 aliphatic heterocycles. The maximum atomic E-state index is 9.63. The largest absolute Gasteiger partial charge is 0.493 e. The molecule has 7 heteroatoms. The summed E-state index contributed by atoms with van der Waals surface area (Å²) >= 11 is 0. The van der Waals surface area contributed by atoms with Gasteiger partial charge in [0, 0.05) is 23.8 Å². The lowest BCUT2D eigenvalue weighted by Gasteiger charge is -2.14.